The molecule has 0 aliphatic heterocycles. The summed E-state index contributed by atoms with van der Waals surface area (Å²) in [5.41, 5.74) is 0. The molecule has 0 atom stereocenters. The Kier molecular flexibility index (Phi) is 4.05. The predicted molar refractivity (Wildman–Crippen MR) is 34.8 cm³/mol. The molecule has 0 bridgehead atoms. The smallest absolute Gasteiger partial charge is 0.312 e. The van der Waals surface area contributed by atoms with Crippen molar-refractivity contribution in [2.24, 2.45) is 0 Å². The summed E-state index contributed by atoms with van der Waals surface area (Å²) in [6, 6.07) is 0. The van der Waals surface area contributed by atoms with Crippen LogP contribution in [0.3, 0.4) is 0 Å². The second-order valence-corrected chi connectivity index (χ2v) is 1.84. The van der Waals surface area contributed by atoms with Gasteiger partial charge in [-0.05, 0) is 6.92 Å². The maximum atomic E-state index is 10.4. The summed E-state index contributed by atoms with van der Waals surface area (Å²) < 4.78 is 4.49. The van der Waals surface area contributed by atoms with E-state index >= 15 is 0 Å². The maximum Gasteiger partial charge on any atom is 0.312 e. The Hall–Kier alpha value is -0.570. The first-order valence-corrected chi connectivity index (χ1v) is 2.93. The monoisotopic (exact) mass is 149 g/mol. The number of esters is 1. The summed E-state index contributed by atoms with van der Waals surface area (Å²) >= 11 is 5.09. The van der Waals surface area contributed by atoms with Crippen LogP contribution in [0.4, 0.5) is 0 Å². The van der Waals surface area contributed by atoms with Gasteiger partial charge in [-0.2, -0.15) is 0 Å². The highest BCUT2D eigenvalue weighted by Crippen LogP contribution is 1.91. The lowest BCUT2D eigenvalue weighted by molar-refractivity contribution is -0.141. The van der Waals surface area contributed by atoms with Gasteiger partial charge < -0.3 is 4.74 Å². The third-order valence-electron chi connectivity index (χ3n) is 0.605. The predicted octanol–water partition coefficient (Wildman–Crippen LogP) is 1.16. The molecule has 0 aromatic rings. The minimum atomic E-state index is -0.447. The van der Waals surface area contributed by atoms with E-state index in [-0.39, 0.29) is 11.6 Å². The van der Waals surface area contributed by atoms with Crippen LogP contribution in [0, 0.1) is 5.41 Å². The van der Waals surface area contributed by atoms with E-state index in [9.17, 15) is 4.79 Å². The highest BCUT2D eigenvalue weighted by atomic mass is 35.5. The molecule has 0 heterocycles. The van der Waals surface area contributed by atoms with Gasteiger partial charge in [-0.15, -0.1) is 0 Å². The van der Waals surface area contributed by atoms with Gasteiger partial charge in [0.1, 0.15) is 5.17 Å². The quantitative estimate of drug-likeness (QED) is 0.484. The number of hydrogen-bond donors (Lipinski definition) is 1. The van der Waals surface area contributed by atoms with Crippen LogP contribution >= 0.6 is 11.6 Å². The Morgan fingerprint density at radius 3 is 2.67 bits per heavy atom. The van der Waals surface area contributed by atoms with Crippen molar-refractivity contribution in [3.05, 3.63) is 0 Å². The van der Waals surface area contributed by atoms with E-state index < -0.39 is 5.97 Å². The molecule has 0 radical (unpaired) electrons. The number of hydrogen-bond acceptors (Lipinski definition) is 3. The van der Waals surface area contributed by atoms with Crippen LogP contribution in [0.25, 0.3) is 0 Å². The van der Waals surface area contributed by atoms with Crippen molar-refractivity contribution in [2.75, 3.05) is 6.61 Å². The molecule has 0 unspecified atom stereocenters. The van der Waals surface area contributed by atoms with Crippen LogP contribution in [0.2, 0.25) is 0 Å². The maximum absolute atomic E-state index is 10.4. The van der Waals surface area contributed by atoms with E-state index in [4.69, 9.17) is 17.0 Å². The summed E-state index contributed by atoms with van der Waals surface area (Å²) in [5, 5.41) is 6.48. The van der Waals surface area contributed by atoms with E-state index in [2.05, 4.69) is 4.74 Å². The molecule has 0 aliphatic carbocycles. The first-order chi connectivity index (χ1) is 4.16. The number of carbonyl (C=O) groups is 1. The molecular weight excluding hydrogens is 142 g/mol. The summed E-state index contributed by atoms with van der Waals surface area (Å²) in [4.78, 5) is 10.4. The summed E-state index contributed by atoms with van der Waals surface area (Å²) in [6.45, 7) is 2.04. The molecule has 0 saturated carbocycles. The van der Waals surface area contributed by atoms with Crippen LogP contribution in [-0.4, -0.2) is 17.7 Å². The van der Waals surface area contributed by atoms with Crippen LogP contribution in [-0.2, 0) is 9.53 Å². The van der Waals surface area contributed by atoms with Crippen molar-refractivity contribution in [1.82, 2.24) is 0 Å². The van der Waals surface area contributed by atoms with Gasteiger partial charge in [-0.1, -0.05) is 11.6 Å². The Morgan fingerprint density at radius 2 is 2.33 bits per heavy atom. The number of nitrogens with one attached hydrogen (secondary N) is 1. The van der Waals surface area contributed by atoms with Gasteiger partial charge in [0.05, 0.1) is 13.0 Å². The number of rotatable bonds is 3. The van der Waals surface area contributed by atoms with E-state index in [1.54, 1.807) is 6.92 Å². The summed E-state index contributed by atoms with van der Waals surface area (Å²) in [6.07, 6.45) is -0.116. The molecule has 0 saturated heterocycles. The van der Waals surface area contributed by atoms with Crippen LogP contribution in [0.15, 0.2) is 0 Å². The zero-order valence-corrected chi connectivity index (χ0v) is 5.86. The molecule has 0 rings (SSSR count). The molecule has 0 amide bonds. The fourth-order valence-corrected chi connectivity index (χ4v) is 0.448. The highest BCUT2D eigenvalue weighted by Gasteiger charge is 2.02. The summed E-state index contributed by atoms with van der Waals surface area (Å²) in [7, 11) is 0. The van der Waals surface area contributed by atoms with Crippen molar-refractivity contribution < 1.29 is 9.53 Å². The Labute approximate surface area is 58.5 Å². The standard InChI is InChI=1S/C5H8ClNO2/c1-2-9-5(8)3-4(6)7/h7H,2-3H2,1H3. The van der Waals surface area contributed by atoms with E-state index in [0.717, 1.165) is 0 Å². The number of ether oxygens (including phenoxy) is 1. The van der Waals surface area contributed by atoms with Crippen molar-refractivity contribution in [2.45, 2.75) is 13.3 Å². The van der Waals surface area contributed by atoms with Crippen molar-refractivity contribution in [1.29, 1.82) is 5.41 Å². The van der Waals surface area contributed by atoms with Crippen molar-refractivity contribution in [3.63, 3.8) is 0 Å². The van der Waals surface area contributed by atoms with Gasteiger partial charge in [-0.25, -0.2) is 0 Å². The van der Waals surface area contributed by atoms with Crippen molar-refractivity contribution in [3.8, 4) is 0 Å². The first kappa shape index (κ1) is 8.43. The van der Waals surface area contributed by atoms with Gasteiger partial charge in [0.2, 0.25) is 0 Å². The first-order valence-electron chi connectivity index (χ1n) is 2.55. The average Bonchev–Trinajstić information content (AvgIpc) is 1.63. The molecule has 0 fully saturated rings. The molecule has 0 spiro atoms. The van der Waals surface area contributed by atoms with Crippen LogP contribution in [0.1, 0.15) is 13.3 Å². The number of halogens is 1. The largest absolute Gasteiger partial charge is 0.466 e. The topological polar surface area (TPSA) is 50.2 Å². The molecule has 1 N–H and O–H groups in total. The Balaban J connectivity index is 3.39. The molecule has 4 heteroatoms. The minimum absolute atomic E-state index is 0.116. The molecule has 0 aromatic carbocycles. The number of carbonyl (C=O) groups excluding carboxylic acids is 1. The van der Waals surface area contributed by atoms with Gasteiger partial charge >= 0.3 is 5.97 Å². The Morgan fingerprint density at radius 1 is 1.78 bits per heavy atom. The third-order valence-corrected chi connectivity index (χ3v) is 0.738. The third kappa shape index (κ3) is 5.30. The normalized spacial score (nSPS) is 8.67. The lowest BCUT2D eigenvalue weighted by Gasteiger charge is -1.96. The van der Waals surface area contributed by atoms with E-state index in [1.807, 2.05) is 0 Å². The van der Waals surface area contributed by atoms with Gasteiger partial charge in [-0.3, -0.25) is 10.2 Å². The summed E-state index contributed by atoms with van der Waals surface area (Å²) in [5.74, 6) is -0.447. The van der Waals surface area contributed by atoms with Crippen LogP contribution < -0.4 is 0 Å². The molecule has 52 valence electrons. The van der Waals surface area contributed by atoms with Gasteiger partial charge in [0.15, 0.2) is 0 Å². The van der Waals surface area contributed by atoms with Crippen molar-refractivity contribution >= 4 is 22.7 Å². The SMILES string of the molecule is CCOC(=O)CC(=N)Cl. The van der Waals surface area contributed by atoms with Gasteiger partial charge in [0, 0.05) is 0 Å². The molecule has 0 aliphatic rings. The zero-order valence-electron chi connectivity index (χ0n) is 5.11. The lowest BCUT2D eigenvalue weighted by atomic mass is 10.5. The van der Waals surface area contributed by atoms with E-state index in [1.165, 1.54) is 0 Å². The van der Waals surface area contributed by atoms with Crippen LogP contribution in [0.5, 0.6) is 0 Å². The lowest BCUT2D eigenvalue weighted by Crippen LogP contribution is -2.06. The highest BCUT2D eigenvalue weighted by molar-refractivity contribution is 6.65. The molecule has 0 aromatic heterocycles. The fourth-order valence-electron chi connectivity index (χ4n) is 0.339. The zero-order chi connectivity index (χ0) is 7.28. The second-order valence-electron chi connectivity index (χ2n) is 1.39. The average molecular weight is 150 g/mol. The van der Waals surface area contributed by atoms with Gasteiger partial charge in [0.25, 0.3) is 0 Å². The minimum Gasteiger partial charge on any atom is -0.466 e. The fraction of sp³-hybridized carbons (Fsp3) is 0.600. The second kappa shape index (κ2) is 4.32. The molecule has 3 nitrogen and oxygen atoms in total. The van der Waals surface area contributed by atoms with E-state index in [0.29, 0.717) is 6.61 Å². The Bertz CT molecular complexity index is 124. The molecule has 9 heavy (non-hydrogen) atoms. The molecular formula is C5H8ClNO2.